The fourth-order valence-corrected chi connectivity index (χ4v) is 3.95. The van der Waals surface area contributed by atoms with Crippen LogP contribution in [0.3, 0.4) is 0 Å². The van der Waals surface area contributed by atoms with E-state index in [1.807, 2.05) is 6.92 Å². The molecule has 0 aliphatic carbocycles. The summed E-state index contributed by atoms with van der Waals surface area (Å²) in [5.74, 6) is 0.408. The van der Waals surface area contributed by atoms with Gasteiger partial charge in [-0.05, 0) is 68.3 Å². The van der Waals surface area contributed by atoms with E-state index in [0.717, 1.165) is 18.6 Å². The Morgan fingerprint density at radius 2 is 1.86 bits per heavy atom. The number of benzene rings is 2. The fraction of sp³-hybridized carbons (Fsp3) is 0.350. The molecule has 0 saturated carbocycles. The Bertz CT molecular complexity index is 889. The number of amides is 1. The van der Waals surface area contributed by atoms with Crippen LogP contribution in [0.4, 0.5) is 5.69 Å². The molecule has 3 rings (SSSR count). The minimum absolute atomic E-state index is 0.0751. The van der Waals surface area contributed by atoms with Crippen LogP contribution >= 0.6 is 0 Å². The molecule has 7 nitrogen and oxygen atoms in total. The predicted molar refractivity (Wildman–Crippen MR) is 106 cm³/mol. The average molecular weight is 404 g/mol. The maximum Gasteiger partial charge on any atom is 0.255 e. The summed E-state index contributed by atoms with van der Waals surface area (Å²) in [7, 11) is -3.63. The first kappa shape index (κ1) is 20.3. The van der Waals surface area contributed by atoms with Crippen LogP contribution in [0.2, 0.25) is 0 Å². The van der Waals surface area contributed by atoms with E-state index in [1.165, 1.54) is 24.3 Å². The molecular weight excluding hydrogens is 380 g/mol. The third-order valence-corrected chi connectivity index (χ3v) is 5.81. The third-order valence-electron chi connectivity index (χ3n) is 4.38. The molecule has 1 aliphatic heterocycles. The summed E-state index contributed by atoms with van der Waals surface area (Å²) in [6.45, 7) is 3.40. The number of hydrogen-bond acceptors (Lipinski definition) is 5. The summed E-state index contributed by atoms with van der Waals surface area (Å²) in [6, 6.07) is 12.9. The first-order chi connectivity index (χ1) is 13.5. The maximum atomic E-state index is 12.4. The lowest BCUT2D eigenvalue weighted by Crippen LogP contribution is -2.31. The Morgan fingerprint density at radius 3 is 2.46 bits per heavy atom. The normalized spacial score (nSPS) is 16.7. The number of sulfonamides is 1. The van der Waals surface area contributed by atoms with Crippen molar-refractivity contribution in [3.05, 3.63) is 54.1 Å². The number of rotatable bonds is 8. The molecule has 8 heteroatoms. The summed E-state index contributed by atoms with van der Waals surface area (Å²) in [4.78, 5) is 12.5. The van der Waals surface area contributed by atoms with Crippen LogP contribution < -0.4 is 14.8 Å². The van der Waals surface area contributed by atoms with E-state index < -0.39 is 10.0 Å². The zero-order valence-corrected chi connectivity index (χ0v) is 16.5. The second-order valence-corrected chi connectivity index (χ2v) is 8.19. The number of anilines is 1. The molecule has 28 heavy (non-hydrogen) atoms. The van der Waals surface area contributed by atoms with Gasteiger partial charge in [-0.2, -0.15) is 0 Å². The molecule has 1 atom stereocenters. The van der Waals surface area contributed by atoms with Crippen LogP contribution in [0.15, 0.2) is 53.4 Å². The average Bonchev–Trinajstić information content (AvgIpc) is 3.22. The molecule has 0 unspecified atom stereocenters. The minimum Gasteiger partial charge on any atom is -0.494 e. The van der Waals surface area contributed by atoms with Crippen LogP contribution in [-0.4, -0.2) is 40.2 Å². The van der Waals surface area contributed by atoms with Crippen molar-refractivity contribution in [3.63, 3.8) is 0 Å². The zero-order valence-electron chi connectivity index (χ0n) is 15.7. The summed E-state index contributed by atoms with van der Waals surface area (Å²) in [5.41, 5.74) is 0.996. The quantitative estimate of drug-likeness (QED) is 0.706. The van der Waals surface area contributed by atoms with Crippen molar-refractivity contribution >= 4 is 21.6 Å². The highest BCUT2D eigenvalue weighted by Gasteiger charge is 2.20. The Kier molecular flexibility index (Phi) is 6.66. The number of nitrogens with one attached hydrogen (secondary N) is 2. The van der Waals surface area contributed by atoms with Gasteiger partial charge in [-0.1, -0.05) is 0 Å². The topological polar surface area (TPSA) is 93.7 Å². The van der Waals surface area contributed by atoms with Crippen molar-refractivity contribution in [1.29, 1.82) is 0 Å². The Hall–Kier alpha value is -2.42. The van der Waals surface area contributed by atoms with Gasteiger partial charge in [0.2, 0.25) is 10.0 Å². The van der Waals surface area contributed by atoms with Gasteiger partial charge < -0.3 is 14.8 Å². The summed E-state index contributed by atoms with van der Waals surface area (Å²) >= 11 is 0. The standard InChI is InChI=1S/C20H24N2O5S/c1-2-26-17-9-7-16(8-10-17)22-20(23)15-5-11-19(12-6-15)28(24,25)21-14-18-4-3-13-27-18/h5-12,18,21H,2-4,13-14H2,1H3,(H,22,23)/t18-/m0/s1. The summed E-state index contributed by atoms with van der Waals surface area (Å²) in [6.07, 6.45) is 1.73. The van der Waals surface area contributed by atoms with Gasteiger partial charge >= 0.3 is 0 Å². The molecule has 150 valence electrons. The van der Waals surface area contributed by atoms with E-state index in [4.69, 9.17) is 9.47 Å². The lowest BCUT2D eigenvalue weighted by Gasteiger charge is -2.12. The van der Waals surface area contributed by atoms with Crippen LogP contribution in [0.25, 0.3) is 0 Å². The van der Waals surface area contributed by atoms with E-state index in [2.05, 4.69) is 10.0 Å². The Labute approximate surface area is 165 Å². The molecule has 1 aliphatic rings. The van der Waals surface area contributed by atoms with Gasteiger partial charge in [0.15, 0.2) is 0 Å². The van der Waals surface area contributed by atoms with E-state index >= 15 is 0 Å². The van der Waals surface area contributed by atoms with Gasteiger partial charge in [0.1, 0.15) is 5.75 Å². The highest BCUT2D eigenvalue weighted by Crippen LogP contribution is 2.18. The first-order valence-electron chi connectivity index (χ1n) is 9.23. The minimum atomic E-state index is -3.63. The van der Waals surface area contributed by atoms with Gasteiger partial charge in [-0.15, -0.1) is 0 Å². The van der Waals surface area contributed by atoms with Gasteiger partial charge in [-0.25, -0.2) is 13.1 Å². The van der Waals surface area contributed by atoms with Crippen LogP contribution in [0.5, 0.6) is 5.75 Å². The Morgan fingerprint density at radius 1 is 1.14 bits per heavy atom. The second-order valence-electron chi connectivity index (χ2n) is 6.42. The van der Waals surface area contributed by atoms with Gasteiger partial charge in [0.25, 0.3) is 5.91 Å². The number of ether oxygens (including phenoxy) is 2. The largest absolute Gasteiger partial charge is 0.494 e. The fourth-order valence-electron chi connectivity index (χ4n) is 2.88. The van der Waals surface area contributed by atoms with Crippen molar-refractivity contribution in [2.24, 2.45) is 0 Å². The molecule has 1 fully saturated rings. The van der Waals surface area contributed by atoms with Gasteiger partial charge in [0.05, 0.1) is 17.6 Å². The van der Waals surface area contributed by atoms with E-state index in [0.29, 0.717) is 24.5 Å². The first-order valence-corrected chi connectivity index (χ1v) is 10.7. The van der Waals surface area contributed by atoms with Gasteiger partial charge in [0, 0.05) is 24.4 Å². The Balaban J connectivity index is 1.60. The van der Waals surface area contributed by atoms with Crippen molar-refractivity contribution in [3.8, 4) is 5.75 Å². The highest BCUT2D eigenvalue weighted by molar-refractivity contribution is 7.89. The molecule has 1 heterocycles. The molecular formula is C20H24N2O5S. The molecule has 1 saturated heterocycles. The number of carbonyl (C=O) groups is 1. The zero-order chi connectivity index (χ0) is 20.0. The van der Waals surface area contributed by atoms with Crippen LogP contribution in [0, 0.1) is 0 Å². The number of carbonyl (C=O) groups excluding carboxylic acids is 1. The molecule has 1 amide bonds. The van der Waals surface area contributed by atoms with Crippen LogP contribution in [-0.2, 0) is 14.8 Å². The lowest BCUT2D eigenvalue weighted by atomic mass is 10.2. The monoisotopic (exact) mass is 404 g/mol. The van der Waals surface area contributed by atoms with E-state index in [9.17, 15) is 13.2 Å². The van der Waals surface area contributed by atoms with E-state index in [-0.39, 0.29) is 23.5 Å². The molecule has 0 radical (unpaired) electrons. The number of hydrogen-bond donors (Lipinski definition) is 2. The molecule has 0 aromatic heterocycles. The smallest absolute Gasteiger partial charge is 0.255 e. The molecule has 2 aromatic rings. The lowest BCUT2D eigenvalue weighted by molar-refractivity contribution is 0.102. The summed E-state index contributed by atoms with van der Waals surface area (Å²) < 4.78 is 38.1. The predicted octanol–water partition coefficient (Wildman–Crippen LogP) is 2.79. The van der Waals surface area contributed by atoms with Crippen molar-refractivity contribution in [2.45, 2.75) is 30.8 Å². The second kappa shape index (κ2) is 9.18. The van der Waals surface area contributed by atoms with Crippen molar-refractivity contribution in [1.82, 2.24) is 4.72 Å². The van der Waals surface area contributed by atoms with Crippen LogP contribution in [0.1, 0.15) is 30.1 Å². The van der Waals surface area contributed by atoms with E-state index in [1.54, 1.807) is 24.3 Å². The molecule has 2 N–H and O–H groups in total. The van der Waals surface area contributed by atoms with Crippen molar-refractivity contribution in [2.75, 3.05) is 25.1 Å². The SMILES string of the molecule is CCOc1ccc(NC(=O)c2ccc(S(=O)(=O)NC[C@@H]3CCCO3)cc2)cc1. The molecule has 0 bridgehead atoms. The molecule has 2 aromatic carbocycles. The highest BCUT2D eigenvalue weighted by atomic mass is 32.2. The van der Waals surface area contributed by atoms with Crippen molar-refractivity contribution < 1.29 is 22.7 Å². The third kappa shape index (κ3) is 5.31. The maximum absolute atomic E-state index is 12.4. The van der Waals surface area contributed by atoms with Gasteiger partial charge in [-0.3, -0.25) is 4.79 Å². The summed E-state index contributed by atoms with van der Waals surface area (Å²) in [5, 5.41) is 2.77. The molecule has 0 spiro atoms.